The van der Waals surface area contributed by atoms with E-state index in [0.717, 1.165) is 44.2 Å². The lowest BCUT2D eigenvalue weighted by atomic mass is 9.92. The van der Waals surface area contributed by atoms with Gasteiger partial charge >= 0.3 is 12.1 Å². The quantitative estimate of drug-likeness (QED) is 0.142. The van der Waals surface area contributed by atoms with E-state index < -0.39 is 30.2 Å². The van der Waals surface area contributed by atoms with Gasteiger partial charge in [-0.3, -0.25) is 4.79 Å². The normalized spacial score (nSPS) is 11.2. The first-order valence-corrected chi connectivity index (χ1v) is 14.3. The number of halogens is 3. The summed E-state index contributed by atoms with van der Waals surface area (Å²) in [7, 11) is 1.37. The fourth-order valence-electron chi connectivity index (χ4n) is 5.01. The summed E-state index contributed by atoms with van der Waals surface area (Å²) in [6.07, 6.45) is 0.0625. The maximum Gasteiger partial charge on any atom is 0.416 e. The van der Waals surface area contributed by atoms with Crippen molar-refractivity contribution in [2.45, 2.75) is 38.3 Å². The number of alkyl halides is 3. The Morgan fingerprint density at radius 2 is 1.45 bits per heavy atom. The van der Waals surface area contributed by atoms with E-state index in [2.05, 4.69) is 17.4 Å². The van der Waals surface area contributed by atoms with Crippen molar-refractivity contribution >= 4 is 11.9 Å². The number of aryl methyl sites for hydroxylation is 1. The molecule has 0 heterocycles. The van der Waals surface area contributed by atoms with Crippen LogP contribution in [0.2, 0.25) is 0 Å². The molecule has 0 radical (unpaired) electrons. The molecule has 0 aliphatic rings. The number of methoxy groups -OCH3 is 1. The number of hydrogen-bond acceptors (Lipinski definition) is 4. The highest BCUT2D eigenvalue weighted by Gasteiger charge is 2.32. The van der Waals surface area contributed by atoms with Crippen molar-refractivity contribution in [3.63, 3.8) is 0 Å². The Morgan fingerprint density at radius 1 is 0.795 bits per heavy atom. The number of benzene rings is 4. The molecule has 230 valence electrons. The topological polar surface area (TPSA) is 84.9 Å². The lowest BCUT2D eigenvalue weighted by molar-refractivity contribution is -0.139. The number of ether oxygens (including phenoxy) is 2. The lowest BCUT2D eigenvalue weighted by Crippen LogP contribution is -2.25. The van der Waals surface area contributed by atoms with Gasteiger partial charge in [-0.2, -0.15) is 13.2 Å². The zero-order chi connectivity index (χ0) is 31.5. The summed E-state index contributed by atoms with van der Waals surface area (Å²) in [5.41, 5.74) is 1.51. The summed E-state index contributed by atoms with van der Waals surface area (Å²) in [5.74, 6) is -1.64. The third kappa shape index (κ3) is 8.40. The van der Waals surface area contributed by atoms with E-state index in [4.69, 9.17) is 9.47 Å². The lowest BCUT2D eigenvalue weighted by Gasteiger charge is -2.22. The van der Waals surface area contributed by atoms with Gasteiger partial charge in [0, 0.05) is 12.1 Å². The highest BCUT2D eigenvalue weighted by atomic mass is 19.4. The molecular formula is C35H34F3NO5. The molecule has 4 aromatic carbocycles. The van der Waals surface area contributed by atoms with Gasteiger partial charge in [-0.25, -0.2) is 4.79 Å². The van der Waals surface area contributed by atoms with Crippen LogP contribution in [0.1, 0.15) is 47.2 Å². The largest absolute Gasteiger partial charge is 0.495 e. The fraction of sp³-hybridized carbons (Fsp3) is 0.257. The van der Waals surface area contributed by atoms with Gasteiger partial charge in [0.05, 0.1) is 23.8 Å². The first-order chi connectivity index (χ1) is 21.2. The predicted molar refractivity (Wildman–Crippen MR) is 163 cm³/mol. The van der Waals surface area contributed by atoms with Crippen LogP contribution < -0.4 is 14.8 Å². The van der Waals surface area contributed by atoms with Crippen LogP contribution in [-0.2, 0) is 17.4 Å². The van der Waals surface area contributed by atoms with Crippen LogP contribution in [0, 0.1) is 0 Å². The number of carboxylic acids is 1. The third-order valence-electron chi connectivity index (χ3n) is 7.10. The van der Waals surface area contributed by atoms with E-state index in [-0.39, 0.29) is 33.8 Å². The van der Waals surface area contributed by atoms with E-state index in [9.17, 15) is 27.9 Å². The van der Waals surface area contributed by atoms with Crippen LogP contribution in [0.3, 0.4) is 0 Å². The molecule has 6 nitrogen and oxygen atoms in total. The molecule has 9 heteroatoms. The molecule has 44 heavy (non-hydrogen) atoms. The average molecular weight is 606 g/mol. The third-order valence-corrected chi connectivity index (χ3v) is 7.10. The maximum absolute atomic E-state index is 13.7. The molecule has 0 spiro atoms. The van der Waals surface area contributed by atoms with E-state index in [1.54, 1.807) is 30.3 Å². The van der Waals surface area contributed by atoms with Crippen LogP contribution in [0.25, 0.3) is 22.3 Å². The van der Waals surface area contributed by atoms with Crippen molar-refractivity contribution in [1.82, 2.24) is 5.32 Å². The monoisotopic (exact) mass is 605 g/mol. The van der Waals surface area contributed by atoms with Crippen molar-refractivity contribution in [2.75, 3.05) is 20.3 Å². The van der Waals surface area contributed by atoms with E-state index in [1.807, 2.05) is 18.2 Å². The maximum atomic E-state index is 13.7. The van der Waals surface area contributed by atoms with Gasteiger partial charge in [0.15, 0.2) is 6.61 Å². The number of unbranched alkanes of at least 4 members (excludes halogenated alkanes) is 3. The minimum atomic E-state index is -4.62. The molecule has 1 amide bonds. The molecule has 4 aromatic rings. The Morgan fingerprint density at radius 3 is 2.11 bits per heavy atom. The smallest absolute Gasteiger partial charge is 0.416 e. The van der Waals surface area contributed by atoms with Crippen LogP contribution in [-0.4, -0.2) is 37.2 Å². The summed E-state index contributed by atoms with van der Waals surface area (Å²) in [6.45, 7) is -0.366. The second kappa shape index (κ2) is 15.1. The molecule has 0 aromatic heterocycles. The molecule has 0 aliphatic heterocycles. The van der Waals surface area contributed by atoms with Crippen LogP contribution in [0.5, 0.6) is 11.5 Å². The van der Waals surface area contributed by atoms with Crippen molar-refractivity contribution in [3.05, 3.63) is 108 Å². The molecule has 0 bridgehead atoms. The summed E-state index contributed by atoms with van der Waals surface area (Å²) in [4.78, 5) is 25.1. The number of carbonyl (C=O) groups excluding carboxylic acids is 1. The van der Waals surface area contributed by atoms with Crippen molar-refractivity contribution in [2.24, 2.45) is 0 Å². The molecular weight excluding hydrogens is 571 g/mol. The second-order valence-electron chi connectivity index (χ2n) is 10.2. The standard InChI is InChI=1S/C35H34F3NO5/c1-43-32-29(34(42)39-20-11-3-2-6-13-24-14-7-4-8-15-24)22-28(26-18-12-19-27(21-26)35(36,37)38)33(44-23-30(40)41)31(32)25-16-9-5-10-17-25/h4-5,7-10,12,14-19,21-22H,2-3,6,11,13,20,23H2,1H3,(H,39,42)(H,40,41). The molecule has 2 N–H and O–H groups in total. The minimum absolute atomic E-state index is 0.00950. The Hall–Kier alpha value is -4.79. The zero-order valence-corrected chi connectivity index (χ0v) is 24.3. The SMILES string of the molecule is COc1c(C(=O)NCCCCCCc2ccccc2)cc(-c2cccc(C(F)(F)F)c2)c(OCC(=O)O)c1-c1ccccc1. The average Bonchev–Trinajstić information content (AvgIpc) is 3.03. The molecule has 4 rings (SSSR count). The van der Waals surface area contributed by atoms with Crippen LogP contribution >= 0.6 is 0 Å². The highest BCUT2D eigenvalue weighted by molar-refractivity contribution is 6.03. The highest BCUT2D eigenvalue weighted by Crippen LogP contribution is 2.48. The number of aliphatic carboxylic acids is 1. The summed E-state index contributed by atoms with van der Waals surface area (Å²) in [6, 6.07) is 24.9. The number of hydrogen-bond donors (Lipinski definition) is 2. The van der Waals surface area contributed by atoms with Crippen LogP contribution in [0.4, 0.5) is 13.2 Å². The molecule has 0 aliphatic carbocycles. The van der Waals surface area contributed by atoms with E-state index >= 15 is 0 Å². The molecule has 0 saturated heterocycles. The van der Waals surface area contributed by atoms with Crippen molar-refractivity contribution in [3.8, 4) is 33.8 Å². The number of carbonyl (C=O) groups is 2. The first-order valence-electron chi connectivity index (χ1n) is 14.3. The number of rotatable bonds is 14. The molecule has 0 fully saturated rings. The van der Waals surface area contributed by atoms with E-state index in [0.29, 0.717) is 12.1 Å². The van der Waals surface area contributed by atoms with Crippen LogP contribution in [0.15, 0.2) is 91.0 Å². The summed E-state index contributed by atoms with van der Waals surface area (Å²) < 4.78 is 52.4. The van der Waals surface area contributed by atoms with E-state index in [1.165, 1.54) is 30.9 Å². The predicted octanol–water partition coefficient (Wildman–Crippen LogP) is 8.04. The zero-order valence-electron chi connectivity index (χ0n) is 24.3. The Balaban J connectivity index is 1.66. The Bertz CT molecular complexity index is 1560. The van der Waals surface area contributed by atoms with Gasteiger partial charge in [-0.1, -0.05) is 85.6 Å². The van der Waals surface area contributed by atoms with Gasteiger partial charge in [-0.05, 0) is 54.2 Å². The molecule has 0 unspecified atom stereocenters. The minimum Gasteiger partial charge on any atom is -0.495 e. The van der Waals surface area contributed by atoms with Gasteiger partial charge in [0.2, 0.25) is 0 Å². The molecule has 0 saturated carbocycles. The number of amides is 1. The van der Waals surface area contributed by atoms with Gasteiger partial charge in [-0.15, -0.1) is 0 Å². The Labute approximate surface area is 254 Å². The van der Waals surface area contributed by atoms with Gasteiger partial charge in [0.25, 0.3) is 5.91 Å². The van der Waals surface area contributed by atoms with Gasteiger partial charge in [0.1, 0.15) is 11.5 Å². The van der Waals surface area contributed by atoms with Gasteiger partial charge < -0.3 is 19.9 Å². The summed E-state index contributed by atoms with van der Waals surface area (Å²) in [5, 5.41) is 12.3. The number of carboxylic acid groups (broad SMARTS) is 1. The molecule has 0 atom stereocenters. The number of nitrogens with one attached hydrogen (secondary N) is 1. The Kier molecular flexibility index (Phi) is 11.0. The summed E-state index contributed by atoms with van der Waals surface area (Å²) >= 11 is 0. The van der Waals surface area contributed by atoms with Crippen molar-refractivity contribution in [1.29, 1.82) is 0 Å². The fourth-order valence-corrected chi connectivity index (χ4v) is 5.01. The van der Waals surface area contributed by atoms with Crippen molar-refractivity contribution < 1.29 is 37.3 Å². The first kappa shape index (κ1) is 32.1. The second-order valence-corrected chi connectivity index (χ2v) is 10.2.